The van der Waals surface area contributed by atoms with Crippen LogP contribution in [0.1, 0.15) is 6.42 Å². The fraction of sp³-hybridized carbons (Fsp3) is 1.00. The Morgan fingerprint density at radius 2 is 1.92 bits per heavy atom. The van der Waals surface area contributed by atoms with Crippen molar-refractivity contribution in [2.75, 3.05) is 19.7 Å². The van der Waals surface area contributed by atoms with Crippen LogP contribution in [-0.4, -0.2) is 58.4 Å². The Balaban J connectivity index is 2.48. The summed E-state index contributed by atoms with van der Waals surface area (Å²) in [4.78, 5) is 0. The van der Waals surface area contributed by atoms with Crippen LogP contribution in [-0.2, 0) is 0 Å². The molecule has 0 radical (unpaired) electrons. The van der Waals surface area contributed by atoms with Gasteiger partial charge in [-0.25, -0.2) is 0 Å². The lowest BCUT2D eigenvalue weighted by Crippen LogP contribution is -2.32. The highest BCUT2D eigenvalue weighted by molar-refractivity contribution is 4.82. The van der Waals surface area contributed by atoms with Gasteiger partial charge >= 0.3 is 0 Å². The van der Waals surface area contributed by atoms with Gasteiger partial charge in [-0.3, -0.25) is 0 Å². The van der Waals surface area contributed by atoms with E-state index < -0.39 is 18.3 Å². The number of nitrogens with one attached hydrogen (secondary N) is 1. The minimum absolute atomic E-state index is 0.197. The quantitative estimate of drug-likeness (QED) is 0.337. The number of hydrogen-bond donors (Lipinski definition) is 5. The molecule has 0 unspecified atom stereocenters. The maximum Gasteiger partial charge on any atom is 0.0923 e. The molecule has 1 rings (SSSR count). The minimum atomic E-state index is -0.826. The zero-order chi connectivity index (χ0) is 9.84. The Kier molecular flexibility index (Phi) is 4.08. The van der Waals surface area contributed by atoms with Crippen LogP contribution in [0.3, 0.4) is 0 Å². The third-order valence-electron chi connectivity index (χ3n) is 2.48. The van der Waals surface area contributed by atoms with Crippen molar-refractivity contribution in [3.8, 4) is 0 Å². The zero-order valence-electron chi connectivity index (χ0n) is 7.43. The zero-order valence-corrected chi connectivity index (χ0v) is 7.43. The molecule has 0 aromatic carbocycles. The number of aliphatic hydroxyl groups is 4. The summed E-state index contributed by atoms with van der Waals surface area (Å²) in [6.07, 6.45) is -2.11. The van der Waals surface area contributed by atoms with Crippen LogP contribution in [0.4, 0.5) is 0 Å². The van der Waals surface area contributed by atoms with Gasteiger partial charge in [0, 0.05) is 19.0 Å². The number of hydrogen-bond acceptors (Lipinski definition) is 5. The van der Waals surface area contributed by atoms with Crippen LogP contribution < -0.4 is 5.32 Å². The molecule has 1 fully saturated rings. The molecule has 1 aliphatic rings. The number of rotatable bonds is 2. The van der Waals surface area contributed by atoms with Crippen molar-refractivity contribution < 1.29 is 20.4 Å². The lowest BCUT2D eigenvalue weighted by atomic mass is 9.95. The lowest BCUT2D eigenvalue weighted by Gasteiger charge is -2.21. The molecule has 1 saturated heterocycles. The Hall–Kier alpha value is -0.200. The van der Waals surface area contributed by atoms with E-state index >= 15 is 0 Å². The van der Waals surface area contributed by atoms with Crippen LogP contribution >= 0.6 is 0 Å². The molecule has 5 nitrogen and oxygen atoms in total. The summed E-state index contributed by atoms with van der Waals surface area (Å²) < 4.78 is 0. The highest BCUT2D eigenvalue weighted by Gasteiger charge is 2.28. The van der Waals surface area contributed by atoms with Gasteiger partial charge in [0.05, 0.1) is 24.9 Å². The van der Waals surface area contributed by atoms with Crippen molar-refractivity contribution in [1.29, 1.82) is 0 Å². The summed E-state index contributed by atoms with van der Waals surface area (Å²) in [5.74, 6) is -0.197. The van der Waals surface area contributed by atoms with Crippen LogP contribution in [0.5, 0.6) is 0 Å². The van der Waals surface area contributed by atoms with Gasteiger partial charge in [0.15, 0.2) is 0 Å². The molecule has 0 aliphatic carbocycles. The molecule has 0 saturated carbocycles. The van der Waals surface area contributed by atoms with E-state index in [0.717, 1.165) is 0 Å². The predicted molar refractivity (Wildman–Crippen MR) is 46.1 cm³/mol. The second kappa shape index (κ2) is 4.88. The molecule has 0 aromatic heterocycles. The van der Waals surface area contributed by atoms with Crippen LogP contribution in [0.15, 0.2) is 0 Å². The molecule has 0 aromatic rings. The molecule has 1 aliphatic heterocycles. The van der Waals surface area contributed by atoms with Crippen molar-refractivity contribution in [1.82, 2.24) is 5.32 Å². The van der Waals surface area contributed by atoms with Gasteiger partial charge in [-0.1, -0.05) is 0 Å². The Morgan fingerprint density at radius 3 is 2.54 bits per heavy atom. The molecule has 13 heavy (non-hydrogen) atoms. The maximum atomic E-state index is 9.39. The van der Waals surface area contributed by atoms with E-state index in [1.54, 1.807) is 0 Å². The van der Waals surface area contributed by atoms with Crippen molar-refractivity contribution in [2.24, 2.45) is 5.92 Å². The van der Waals surface area contributed by atoms with Gasteiger partial charge in [0.1, 0.15) is 0 Å². The summed E-state index contributed by atoms with van der Waals surface area (Å²) in [6, 6.07) is 0. The second-order valence-electron chi connectivity index (χ2n) is 3.54. The van der Waals surface area contributed by atoms with Gasteiger partial charge in [-0.05, 0) is 6.42 Å². The van der Waals surface area contributed by atoms with E-state index in [9.17, 15) is 15.3 Å². The Labute approximate surface area is 77.0 Å². The molecule has 1 heterocycles. The van der Waals surface area contributed by atoms with Gasteiger partial charge < -0.3 is 25.7 Å². The number of aliphatic hydroxyl groups excluding tert-OH is 4. The average molecular weight is 191 g/mol. The monoisotopic (exact) mass is 191 g/mol. The fourth-order valence-corrected chi connectivity index (χ4v) is 1.55. The summed E-state index contributed by atoms with van der Waals surface area (Å²) in [6.45, 7) is 0.529. The first-order valence-corrected chi connectivity index (χ1v) is 4.51. The lowest BCUT2D eigenvalue weighted by molar-refractivity contribution is -0.00681. The molecule has 4 atom stereocenters. The van der Waals surface area contributed by atoms with Gasteiger partial charge in [0.25, 0.3) is 0 Å². The van der Waals surface area contributed by atoms with Gasteiger partial charge in [-0.15, -0.1) is 0 Å². The van der Waals surface area contributed by atoms with E-state index in [-0.39, 0.29) is 12.5 Å². The highest BCUT2D eigenvalue weighted by atomic mass is 16.3. The van der Waals surface area contributed by atoms with Crippen LogP contribution in [0.2, 0.25) is 0 Å². The summed E-state index contributed by atoms with van der Waals surface area (Å²) >= 11 is 0. The van der Waals surface area contributed by atoms with E-state index in [1.165, 1.54) is 0 Å². The van der Waals surface area contributed by atoms with Crippen molar-refractivity contribution >= 4 is 0 Å². The highest BCUT2D eigenvalue weighted by Crippen LogP contribution is 2.15. The molecular weight excluding hydrogens is 174 g/mol. The van der Waals surface area contributed by atoms with Crippen molar-refractivity contribution in [3.05, 3.63) is 0 Å². The van der Waals surface area contributed by atoms with Crippen molar-refractivity contribution in [3.63, 3.8) is 0 Å². The first kappa shape index (κ1) is 10.9. The maximum absolute atomic E-state index is 9.39. The van der Waals surface area contributed by atoms with Crippen LogP contribution in [0.25, 0.3) is 0 Å². The third-order valence-corrected chi connectivity index (χ3v) is 2.48. The summed E-state index contributed by atoms with van der Waals surface area (Å²) in [5, 5.41) is 39.6. The molecule has 0 spiro atoms. The fourth-order valence-electron chi connectivity index (χ4n) is 1.55. The third kappa shape index (κ3) is 2.89. The molecule has 5 heteroatoms. The van der Waals surface area contributed by atoms with Gasteiger partial charge in [0.2, 0.25) is 0 Å². The summed E-state index contributed by atoms with van der Waals surface area (Å²) in [5.41, 5.74) is 0. The minimum Gasteiger partial charge on any atom is -0.394 e. The van der Waals surface area contributed by atoms with Gasteiger partial charge in [-0.2, -0.15) is 0 Å². The molecule has 5 N–H and O–H groups in total. The van der Waals surface area contributed by atoms with Crippen molar-refractivity contribution in [2.45, 2.75) is 24.7 Å². The predicted octanol–water partition coefficient (Wildman–Crippen LogP) is -2.33. The SMILES string of the molecule is OC[C@@H](O)[C@@H]1CNC[C@H](O)[C@H](O)C1. The molecular formula is C8H17NO4. The molecule has 78 valence electrons. The smallest absolute Gasteiger partial charge is 0.0923 e. The van der Waals surface area contributed by atoms with E-state index in [4.69, 9.17) is 5.11 Å². The second-order valence-corrected chi connectivity index (χ2v) is 3.54. The topological polar surface area (TPSA) is 93.0 Å². The normalized spacial score (nSPS) is 38.3. The first-order valence-electron chi connectivity index (χ1n) is 4.51. The standard InChI is InChI=1S/C8H17NO4/c10-4-8(13)5-1-6(11)7(12)3-9-2-5/h5-13H,1-4H2/t5-,6+,7-,8+/m0/s1. The molecule has 0 bridgehead atoms. The Bertz CT molecular complexity index is 155. The first-order chi connectivity index (χ1) is 6.15. The number of β-amino-alcohol motifs (C(OH)–C–C–N with tert-alkyl or cyclic N) is 1. The van der Waals surface area contributed by atoms with E-state index in [2.05, 4.69) is 5.32 Å². The summed E-state index contributed by atoms with van der Waals surface area (Å²) in [7, 11) is 0. The van der Waals surface area contributed by atoms with Crippen LogP contribution in [0, 0.1) is 5.92 Å². The molecule has 0 amide bonds. The Morgan fingerprint density at radius 1 is 1.23 bits per heavy atom. The van der Waals surface area contributed by atoms with E-state index in [0.29, 0.717) is 19.5 Å². The average Bonchev–Trinajstić information content (AvgIpc) is 2.28. The van der Waals surface area contributed by atoms with E-state index in [1.807, 2.05) is 0 Å². The largest absolute Gasteiger partial charge is 0.394 e.